The first kappa shape index (κ1) is 18.9. The second-order valence-electron chi connectivity index (χ2n) is 5.43. The van der Waals surface area contributed by atoms with E-state index in [1.165, 1.54) is 12.1 Å². The number of rotatable bonds is 7. The van der Waals surface area contributed by atoms with Gasteiger partial charge in [-0.15, -0.1) is 0 Å². The molecule has 2 aromatic rings. The van der Waals surface area contributed by atoms with E-state index in [2.05, 4.69) is 0 Å². The van der Waals surface area contributed by atoms with Gasteiger partial charge in [0.2, 0.25) is 0 Å². The summed E-state index contributed by atoms with van der Waals surface area (Å²) in [5, 5.41) is 9.87. The molecule has 1 atom stereocenters. The lowest BCUT2D eigenvalue weighted by molar-refractivity contribution is -0.137. The number of methoxy groups -OCH3 is 1. The normalized spacial score (nSPS) is 12.6. The molecule has 0 radical (unpaired) electrons. The van der Waals surface area contributed by atoms with Gasteiger partial charge in [0.1, 0.15) is 36.6 Å². The lowest BCUT2D eigenvalue weighted by Gasteiger charge is -2.15. The molecule has 0 spiro atoms. The average molecular weight is 356 g/mol. The van der Waals surface area contributed by atoms with Gasteiger partial charge >= 0.3 is 6.18 Å². The highest BCUT2D eigenvalue weighted by Gasteiger charge is 2.30. The summed E-state index contributed by atoms with van der Waals surface area (Å²) in [4.78, 5) is 0. The molecule has 7 heteroatoms. The third kappa shape index (κ3) is 5.56. The van der Waals surface area contributed by atoms with Crippen LogP contribution in [0.2, 0.25) is 0 Å². The number of benzene rings is 2. The summed E-state index contributed by atoms with van der Waals surface area (Å²) in [7, 11) is 1.57. The molecule has 0 aliphatic rings. The fourth-order valence-corrected chi connectivity index (χ4v) is 2.11. The zero-order chi connectivity index (χ0) is 18.4. The molecule has 0 saturated heterocycles. The van der Waals surface area contributed by atoms with E-state index in [9.17, 15) is 18.3 Å². The maximum absolute atomic E-state index is 12.5. The quantitative estimate of drug-likeness (QED) is 0.819. The molecule has 2 rings (SSSR count). The fraction of sp³-hybridized carbons (Fsp3) is 0.333. The molecule has 0 aromatic heterocycles. The number of hydrogen-bond acceptors (Lipinski definition) is 4. The Labute approximate surface area is 143 Å². The van der Waals surface area contributed by atoms with Crippen LogP contribution in [-0.4, -0.2) is 31.5 Å². The summed E-state index contributed by atoms with van der Waals surface area (Å²) in [6, 6.07) is 9.54. The zero-order valence-electron chi connectivity index (χ0n) is 13.8. The lowest BCUT2D eigenvalue weighted by atomic mass is 10.2. The van der Waals surface area contributed by atoms with Crippen LogP contribution in [0.1, 0.15) is 11.1 Å². The van der Waals surface area contributed by atoms with Crippen molar-refractivity contribution in [1.29, 1.82) is 0 Å². The fourth-order valence-electron chi connectivity index (χ4n) is 2.11. The van der Waals surface area contributed by atoms with Crippen molar-refractivity contribution in [3.63, 3.8) is 0 Å². The zero-order valence-corrected chi connectivity index (χ0v) is 13.8. The van der Waals surface area contributed by atoms with Crippen LogP contribution in [0.15, 0.2) is 42.5 Å². The number of alkyl halides is 3. The Bertz CT molecular complexity index is 684. The van der Waals surface area contributed by atoms with Gasteiger partial charge in [0.05, 0.1) is 12.7 Å². The molecule has 0 bridgehead atoms. The molecule has 0 saturated carbocycles. The predicted octanol–water partition coefficient (Wildman–Crippen LogP) is 3.84. The van der Waals surface area contributed by atoms with Crippen LogP contribution in [0.4, 0.5) is 13.2 Å². The Morgan fingerprint density at radius 1 is 0.960 bits per heavy atom. The molecule has 0 aliphatic heterocycles. The molecule has 1 N–H and O–H groups in total. The monoisotopic (exact) mass is 356 g/mol. The minimum absolute atomic E-state index is 0.00754. The Balaban J connectivity index is 1.80. The minimum atomic E-state index is -4.39. The van der Waals surface area contributed by atoms with Gasteiger partial charge in [-0.1, -0.05) is 0 Å². The standard InChI is InChI=1S/C18H19F3O4/c1-12-9-16(7-8-17(12)23-2)25-11-14(22)10-24-15-5-3-13(4-6-15)18(19,20)21/h3-9,14,22H,10-11H2,1-2H3. The average Bonchev–Trinajstić information content (AvgIpc) is 2.58. The molecular weight excluding hydrogens is 337 g/mol. The highest BCUT2D eigenvalue weighted by atomic mass is 19.4. The number of aryl methyl sites for hydroxylation is 1. The van der Waals surface area contributed by atoms with Crippen molar-refractivity contribution in [1.82, 2.24) is 0 Å². The van der Waals surface area contributed by atoms with E-state index in [4.69, 9.17) is 14.2 Å². The summed E-state index contributed by atoms with van der Waals surface area (Å²) in [6.45, 7) is 1.77. The maximum atomic E-state index is 12.5. The summed E-state index contributed by atoms with van der Waals surface area (Å²) < 4.78 is 53.3. The van der Waals surface area contributed by atoms with Crippen molar-refractivity contribution in [3.8, 4) is 17.2 Å². The van der Waals surface area contributed by atoms with Crippen LogP contribution in [0, 0.1) is 6.92 Å². The summed E-state index contributed by atoms with van der Waals surface area (Å²) in [6.07, 6.45) is -5.31. The Morgan fingerprint density at radius 2 is 1.52 bits per heavy atom. The van der Waals surface area contributed by atoms with Gasteiger partial charge in [0.25, 0.3) is 0 Å². The molecular formula is C18H19F3O4. The first-order chi connectivity index (χ1) is 11.8. The van der Waals surface area contributed by atoms with Crippen molar-refractivity contribution >= 4 is 0 Å². The van der Waals surface area contributed by atoms with Crippen LogP contribution in [-0.2, 0) is 6.18 Å². The van der Waals surface area contributed by atoms with Gasteiger partial charge in [-0.05, 0) is 55.0 Å². The van der Waals surface area contributed by atoms with Gasteiger partial charge < -0.3 is 19.3 Å². The van der Waals surface area contributed by atoms with Gasteiger partial charge in [-0.3, -0.25) is 0 Å². The highest BCUT2D eigenvalue weighted by Crippen LogP contribution is 2.30. The topological polar surface area (TPSA) is 47.9 Å². The maximum Gasteiger partial charge on any atom is 0.416 e. The molecule has 0 aliphatic carbocycles. The van der Waals surface area contributed by atoms with Gasteiger partial charge in [0, 0.05) is 0 Å². The van der Waals surface area contributed by atoms with E-state index in [1.807, 2.05) is 6.92 Å². The first-order valence-electron chi connectivity index (χ1n) is 7.55. The van der Waals surface area contributed by atoms with Crippen molar-refractivity contribution in [3.05, 3.63) is 53.6 Å². The predicted molar refractivity (Wildman–Crippen MR) is 86.2 cm³/mol. The van der Waals surface area contributed by atoms with E-state index in [1.54, 1.807) is 25.3 Å². The van der Waals surface area contributed by atoms with Crippen LogP contribution < -0.4 is 14.2 Å². The molecule has 2 aromatic carbocycles. The van der Waals surface area contributed by atoms with Crippen molar-refractivity contribution in [2.45, 2.75) is 19.2 Å². The van der Waals surface area contributed by atoms with Gasteiger partial charge in [-0.25, -0.2) is 0 Å². The largest absolute Gasteiger partial charge is 0.496 e. The molecule has 0 fully saturated rings. The Morgan fingerprint density at radius 3 is 2.04 bits per heavy atom. The molecule has 0 heterocycles. The van der Waals surface area contributed by atoms with E-state index < -0.39 is 17.8 Å². The van der Waals surface area contributed by atoms with E-state index in [-0.39, 0.29) is 19.0 Å². The molecule has 1 unspecified atom stereocenters. The second kappa shape index (κ2) is 8.11. The Hall–Kier alpha value is -2.41. The third-order valence-corrected chi connectivity index (χ3v) is 3.43. The summed E-state index contributed by atoms with van der Waals surface area (Å²) in [5.41, 5.74) is 0.147. The summed E-state index contributed by atoms with van der Waals surface area (Å²) >= 11 is 0. The molecule has 136 valence electrons. The van der Waals surface area contributed by atoms with E-state index >= 15 is 0 Å². The van der Waals surface area contributed by atoms with Crippen LogP contribution in [0.3, 0.4) is 0 Å². The number of ether oxygens (including phenoxy) is 3. The number of halogens is 3. The Kier molecular flexibility index (Phi) is 6.14. The van der Waals surface area contributed by atoms with Crippen molar-refractivity contribution in [2.24, 2.45) is 0 Å². The van der Waals surface area contributed by atoms with Crippen molar-refractivity contribution in [2.75, 3.05) is 20.3 Å². The van der Waals surface area contributed by atoms with Crippen LogP contribution in [0.25, 0.3) is 0 Å². The highest BCUT2D eigenvalue weighted by molar-refractivity contribution is 5.39. The molecule has 4 nitrogen and oxygen atoms in total. The van der Waals surface area contributed by atoms with Gasteiger partial charge in [-0.2, -0.15) is 13.2 Å². The molecule has 25 heavy (non-hydrogen) atoms. The van der Waals surface area contributed by atoms with Crippen LogP contribution in [0.5, 0.6) is 17.2 Å². The van der Waals surface area contributed by atoms with Gasteiger partial charge in [0.15, 0.2) is 0 Å². The summed E-state index contributed by atoms with van der Waals surface area (Å²) in [5.74, 6) is 1.55. The SMILES string of the molecule is COc1ccc(OCC(O)COc2ccc(C(F)(F)F)cc2)cc1C. The number of aliphatic hydroxyl groups is 1. The first-order valence-corrected chi connectivity index (χ1v) is 7.55. The second-order valence-corrected chi connectivity index (χ2v) is 5.43. The third-order valence-electron chi connectivity index (χ3n) is 3.43. The van der Waals surface area contributed by atoms with Crippen molar-refractivity contribution < 1.29 is 32.5 Å². The number of hydrogen-bond donors (Lipinski definition) is 1. The van der Waals surface area contributed by atoms with E-state index in [0.29, 0.717) is 5.75 Å². The molecule has 0 amide bonds. The number of aliphatic hydroxyl groups excluding tert-OH is 1. The van der Waals surface area contributed by atoms with Crippen LogP contribution >= 0.6 is 0 Å². The lowest BCUT2D eigenvalue weighted by Crippen LogP contribution is -2.25. The van der Waals surface area contributed by atoms with E-state index in [0.717, 1.165) is 23.4 Å². The smallest absolute Gasteiger partial charge is 0.416 e. The minimum Gasteiger partial charge on any atom is -0.496 e.